The number of ether oxygens (including phenoxy) is 2. The van der Waals surface area contributed by atoms with E-state index >= 15 is 0 Å². The Balaban J connectivity index is 2.35. The lowest BCUT2D eigenvalue weighted by Crippen LogP contribution is -2.29. The number of aliphatic hydroxyl groups is 3. The second-order valence-electron chi connectivity index (χ2n) is 13.2. The van der Waals surface area contributed by atoms with Crippen LogP contribution < -0.4 is 0 Å². The predicted octanol–water partition coefficient (Wildman–Crippen LogP) is 6.67. The highest BCUT2D eigenvalue weighted by atomic mass is 31.2. The van der Waals surface area contributed by atoms with Gasteiger partial charge < -0.3 is 34.6 Å². The number of carbonyl (C=O) groups excluding carboxylic acids is 2. The van der Waals surface area contributed by atoms with E-state index in [9.17, 15) is 29.5 Å². The lowest BCUT2D eigenvalue weighted by Gasteiger charge is -2.21. The number of unbranched alkanes of at least 4 members (excludes halogenated alkanes) is 13. The molecule has 0 bridgehead atoms. The Kier molecular flexibility index (Phi) is 24.7. The molecule has 0 saturated heterocycles. The molecule has 1 rings (SSSR count). The molecule has 276 valence electrons. The molecule has 1 aliphatic rings. The quantitative estimate of drug-likeness (QED) is 0.0245. The van der Waals surface area contributed by atoms with Crippen LogP contribution in [0.5, 0.6) is 0 Å². The van der Waals surface area contributed by atoms with Gasteiger partial charge in [0.2, 0.25) is 0 Å². The molecule has 47 heavy (non-hydrogen) atoms. The van der Waals surface area contributed by atoms with Crippen molar-refractivity contribution in [2.24, 2.45) is 11.8 Å². The van der Waals surface area contributed by atoms with Gasteiger partial charge in [0.15, 0.2) is 6.10 Å². The third-order valence-electron chi connectivity index (χ3n) is 8.88. The zero-order valence-electron chi connectivity index (χ0n) is 29.0. The van der Waals surface area contributed by atoms with E-state index in [1.54, 1.807) is 6.08 Å². The molecule has 6 atom stereocenters. The minimum absolute atomic E-state index is 0.0881. The van der Waals surface area contributed by atoms with Crippen molar-refractivity contribution in [3.63, 3.8) is 0 Å². The van der Waals surface area contributed by atoms with Gasteiger partial charge in [-0.25, -0.2) is 4.57 Å². The van der Waals surface area contributed by atoms with Crippen LogP contribution in [0.1, 0.15) is 149 Å². The summed E-state index contributed by atoms with van der Waals surface area (Å²) < 4.78 is 26.2. The first-order valence-corrected chi connectivity index (χ1v) is 19.8. The van der Waals surface area contributed by atoms with Crippen LogP contribution in [-0.4, -0.2) is 74.7 Å². The first kappa shape index (κ1) is 43.7. The van der Waals surface area contributed by atoms with Crippen LogP contribution >= 0.6 is 7.82 Å². The van der Waals surface area contributed by atoms with Crippen LogP contribution in [0.15, 0.2) is 12.2 Å². The maximum absolute atomic E-state index is 12.5. The largest absolute Gasteiger partial charge is 0.469 e. The van der Waals surface area contributed by atoms with E-state index in [-0.39, 0.29) is 31.3 Å². The molecule has 0 aromatic heterocycles. The Morgan fingerprint density at radius 1 is 0.766 bits per heavy atom. The van der Waals surface area contributed by atoms with E-state index in [1.165, 1.54) is 32.1 Å². The van der Waals surface area contributed by atoms with Gasteiger partial charge in [-0.05, 0) is 31.6 Å². The highest BCUT2D eigenvalue weighted by Crippen LogP contribution is 2.37. The van der Waals surface area contributed by atoms with E-state index in [0.29, 0.717) is 25.7 Å². The SMILES string of the molecule is CCCCCCCCCCCC(=O)OC[C@H](COP(=O)(O)O)OC(=O)CCCCCC[C@@H]1[C@@H](/C=C/[C@@H](O)CCCCC)[C@H](O)C[C@@H]1O. The van der Waals surface area contributed by atoms with Gasteiger partial charge >= 0.3 is 19.8 Å². The van der Waals surface area contributed by atoms with Gasteiger partial charge in [-0.2, -0.15) is 0 Å². The van der Waals surface area contributed by atoms with Crippen LogP contribution in [0.3, 0.4) is 0 Å². The van der Waals surface area contributed by atoms with Crippen molar-refractivity contribution >= 4 is 19.8 Å². The zero-order valence-corrected chi connectivity index (χ0v) is 29.9. The van der Waals surface area contributed by atoms with E-state index < -0.39 is 50.8 Å². The molecule has 12 heteroatoms. The van der Waals surface area contributed by atoms with Gasteiger partial charge in [-0.1, -0.05) is 116 Å². The second kappa shape index (κ2) is 26.5. The molecule has 11 nitrogen and oxygen atoms in total. The lowest BCUT2D eigenvalue weighted by molar-refractivity contribution is -0.161. The molecular formula is C35H65O11P. The summed E-state index contributed by atoms with van der Waals surface area (Å²) in [6, 6.07) is 0. The fourth-order valence-corrected chi connectivity index (χ4v) is 6.48. The van der Waals surface area contributed by atoms with Crippen LogP contribution in [0.4, 0.5) is 0 Å². The number of hydrogen-bond acceptors (Lipinski definition) is 9. The molecule has 0 spiro atoms. The van der Waals surface area contributed by atoms with Gasteiger partial charge in [0, 0.05) is 25.2 Å². The molecule has 5 N–H and O–H groups in total. The van der Waals surface area contributed by atoms with Crippen molar-refractivity contribution in [3.05, 3.63) is 12.2 Å². The zero-order chi connectivity index (χ0) is 34.9. The summed E-state index contributed by atoms with van der Waals surface area (Å²) >= 11 is 0. The Bertz CT molecular complexity index is 893. The van der Waals surface area contributed by atoms with E-state index in [4.69, 9.17) is 19.3 Å². The molecular weight excluding hydrogens is 627 g/mol. The van der Waals surface area contributed by atoms with Crippen molar-refractivity contribution in [3.8, 4) is 0 Å². The monoisotopic (exact) mass is 692 g/mol. The summed E-state index contributed by atoms with van der Waals surface area (Å²) in [7, 11) is -4.80. The number of hydrogen-bond donors (Lipinski definition) is 5. The number of phosphoric acid groups is 1. The Morgan fingerprint density at radius 3 is 1.94 bits per heavy atom. The first-order chi connectivity index (χ1) is 22.5. The molecule has 0 radical (unpaired) electrons. The molecule has 1 saturated carbocycles. The van der Waals surface area contributed by atoms with Crippen molar-refractivity contribution in [1.29, 1.82) is 0 Å². The summed E-state index contributed by atoms with van der Waals surface area (Å²) in [6.45, 7) is 3.36. The van der Waals surface area contributed by atoms with Gasteiger partial charge in [-0.15, -0.1) is 0 Å². The molecule has 0 aromatic rings. The Morgan fingerprint density at radius 2 is 1.32 bits per heavy atom. The van der Waals surface area contributed by atoms with Crippen LogP contribution in [0.25, 0.3) is 0 Å². The number of carbonyl (C=O) groups is 2. The molecule has 0 unspecified atom stereocenters. The first-order valence-electron chi connectivity index (χ1n) is 18.2. The van der Waals surface area contributed by atoms with Crippen molar-refractivity contribution in [1.82, 2.24) is 0 Å². The van der Waals surface area contributed by atoms with Crippen LogP contribution in [-0.2, 0) is 28.2 Å². The topological polar surface area (TPSA) is 180 Å². The summed E-state index contributed by atoms with van der Waals surface area (Å²) in [6.07, 6.45) is 18.7. The predicted molar refractivity (Wildman–Crippen MR) is 181 cm³/mol. The maximum Gasteiger partial charge on any atom is 0.469 e. The highest BCUT2D eigenvalue weighted by Gasteiger charge is 2.39. The summed E-state index contributed by atoms with van der Waals surface area (Å²) in [5.41, 5.74) is 0. The van der Waals surface area contributed by atoms with Crippen molar-refractivity contribution in [2.75, 3.05) is 13.2 Å². The fraction of sp³-hybridized carbons (Fsp3) is 0.886. The Labute approximate surface area is 283 Å². The van der Waals surface area contributed by atoms with E-state index in [2.05, 4.69) is 18.4 Å². The van der Waals surface area contributed by atoms with Gasteiger partial charge in [0.05, 0.1) is 24.9 Å². The third kappa shape index (κ3) is 22.8. The lowest BCUT2D eigenvalue weighted by atomic mass is 9.88. The van der Waals surface area contributed by atoms with E-state index in [0.717, 1.165) is 64.2 Å². The summed E-state index contributed by atoms with van der Waals surface area (Å²) in [5, 5.41) is 31.2. The average molecular weight is 693 g/mol. The van der Waals surface area contributed by atoms with Crippen LogP contribution in [0, 0.1) is 11.8 Å². The smallest absolute Gasteiger partial charge is 0.462 e. The fourth-order valence-electron chi connectivity index (χ4n) is 6.12. The maximum atomic E-state index is 12.5. The third-order valence-corrected chi connectivity index (χ3v) is 9.37. The molecule has 0 amide bonds. The number of phosphoric ester groups is 1. The molecule has 0 aromatic carbocycles. The van der Waals surface area contributed by atoms with E-state index in [1.807, 2.05) is 6.08 Å². The van der Waals surface area contributed by atoms with Gasteiger partial charge in [0.1, 0.15) is 6.61 Å². The van der Waals surface area contributed by atoms with Gasteiger partial charge in [-0.3, -0.25) is 14.1 Å². The van der Waals surface area contributed by atoms with Crippen molar-refractivity contribution in [2.45, 2.75) is 173 Å². The minimum atomic E-state index is -4.80. The van der Waals surface area contributed by atoms with Crippen LogP contribution in [0.2, 0.25) is 0 Å². The van der Waals surface area contributed by atoms with Crippen molar-refractivity contribution < 1.29 is 53.3 Å². The molecule has 0 aliphatic heterocycles. The average Bonchev–Trinajstić information content (AvgIpc) is 3.29. The number of aliphatic hydroxyl groups excluding tert-OH is 3. The standard InChI is InChI=1S/C35H65O11P/c1-3-5-7-8-9-10-11-12-17-21-34(39)44-26-29(27-45-47(41,42)43)46-35(40)22-18-14-13-16-20-30-31(33(38)25-32(30)37)24-23-28(36)19-15-6-4-2/h23-24,28-33,36-38H,3-22,25-27H2,1-2H3,(H2,41,42,43)/b24-23+/t28-,29+,30+,31+,32-,33+/m0/s1. The summed E-state index contributed by atoms with van der Waals surface area (Å²) in [4.78, 5) is 42.8. The number of rotatable bonds is 29. The second-order valence-corrected chi connectivity index (χ2v) is 14.4. The molecule has 0 heterocycles. The van der Waals surface area contributed by atoms with Gasteiger partial charge in [0.25, 0.3) is 0 Å². The highest BCUT2D eigenvalue weighted by molar-refractivity contribution is 7.46. The number of esters is 2. The summed E-state index contributed by atoms with van der Waals surface area (Å²) in [5.74, 6) is -1.32. The minimum Gasteiger partial charge on any atom is -0.462 e. The normalized spacial score (nSPS) is 21.3. The molecule has 1 fully saturated rings. The molecule has 1 aliphatic carbocycles. The Hall–Kier alpha value is -1.33.